The van der Waals surface area contributed by atoms with Crippen LogP contribution in [0.25, 0.3) is 5.82 Å². The number of hydrogen-bond acceptors (Lipinski definition) is 7. The lowest BCUT2D eigenvalue weighted by atomic mass is 10.2. The highest BCUT2D eigenvalue weighted by Gasteiger charge is 2.31. The molecule has 13 heteroatoms. The molecule has 0 fully saturated rings. The van der Waals surface area contributed by atoms with Crippen LogP contribution in [0.3, 0.4) is 0 Å². The number of nitro benzene ring substituents is 1. The van der Waals surface area contributed by atoms with E-state index in [1.807, 2.05) is 0 Å². The lowest BCUT2D eigenvalue weighted by molar-refractivity contribution is -0.385. The molecule has 2 aromatic heterocycles. The van der Waals surface area contributed by atoms with Gasteiger partial charge in [-0.2, -0.15) is 23.0 Å². The van der Waals surface area contributed by atoms with Gasteiger partial charge in [0.05, 0.1) is 16.7 Å². The van der Waals surface area contributed by atoms with Crippen LogP contribution in [0.1, 0.15) is 15.9 Å². The molecule has 2 heterocycles. The van der Waals surface area contributed by atoms with Crippen LogP contribution in [0.5, 0.6) is 11.5 Å². The van der Waals surface area contributed by atoms with Crippen molar-refractivity contribution in [3.05, 3.63) is 79.3 Å². The van der Waals surface area contributed by atoms with Crippen LogP contribution in [-0.2, 0) is 6.18 Å². The fourth-order valence-corrected chi connectivity index (χ4v) is 2.45. The zero-order valence-electron chi connectivity index (χ0n) is 14.5. The molecule has 0 aliphatic heterocycles. The number of nitro groups is 1. The molecule has 0 saturated heterocycles. The molecule has 30 heavy (non-hydrogen) atoms. The minimum atomic E-state index is -4.61. The smallest absolute Gasteiger partial charge is 0.417 e. The van der Waals surface area contributed by atoms with E-state index in [1.54, 1.807) is 0 Å². The van der Waals surface area contributed by atoms with Gasteiger partial charge in [0, 0.05) is 17.8 Å². The fraction of sp³-hybridized carbons (Fsp3) is 0.0588. The Morgan fingerprint density at radius 3 is 2.47 bits per heavy atom. The van der Waals surface area contributed by atoms with Gasteiger partial charge in [-0.25, -0.2) is 4.98 Å². The molecule has 0 N–H and O–H groups in total. The maximum absolute atomic E-state index is 12.6. The summed E-state index contributed by atoms with van der Waals surface area (Å²) in [6, 6.07) is 4.94. The quantitative estimate of drug-likeness (QED) is 0.336. The van der Waals surface area contributed by atoms with Crippen molar-refractivity contribution in [1.82, 2.24) is 14.8 Å². The van der Waals surface area contributed by atoms with Crippen molar-refractivity contribution < 1.29 is 27.6 Å². The molecule has 9 nitrogen and oxygen atoms in total. The number of ether oxygens (including phenoxy) is 1. The Morgan fingerprint density at radius 1 is 1.17 bits per heavy atom. The van der Waals surface area contributed by atoms with E-state index in [-0.39, 0.29) is 22.9 Å². The molecule has 0 aliphatic carbocycles. The van der Waals surface area contributed by atoms with E-state index in [0.717, 1.165) is 24.4 Å². The van der Waals surface area contributed by atoms with Crippen molar-refractivity contribution >= 4 is 23.6 Å². The second-order valence-electron chi connectivity index (χ2n) is 5.65. The highest BCUT2D eigenvalue weighted by molar-refractivity contribution is 6.31. The Labute approximate surface area is 169 Å². The number of carbonyl (C=O) groups excluding carboxylic acids is 1. The summed E-state index contributed by atoms with van der Waals surface area (Å²) in [4.78, 5) is 37.3. The summed E-state index contributed by atoms with van der Waals surface area (Å²) in [5.41, 5.74) is -2.43. The van der Waals surface area contributed by atoms with Crippen LogP contribution >= 0.6 is 11.6 Å². The van der Waals surface area contributed by atoms with Crippen LogP contribution in [0.15, 0.2) is 47.5 Å². The molecule has 0 aliphatic rings. The lowest BCUT2D eigenvalue weighted by Gasteiger charge is -2.10. The molecule has 3 aromatic rings. The Hall–Kier alpha value is -3.80. The number of alkyl halides is 3. The molecule has 0 unspecified atom stereocenters. The first-order valence-corrected chi connectivity index (χ1v) is 8.22. The van der Waals surface area contributed by atoms with E-state index < -0.39 is 32.9 Å². The number of pyridine rings is 1. The number of carbonyl (C=O) groups is 1. The first kappa shape index (κ1) is 20.9. The first-order chi connectivity index (χ1) is 14.1. The Bertz CT molecular complexity index is 1200. The van der Waals surface area contributed by atoms with Gasteiger partial charge in [0.1, 0.15) is 6.29 Å². The van der Waals surface area contributed by atoms with Gasteiger partial charge in [0.2, 0.25) is 5.75 Å². The standard InChI is InChI=1S/C17H8ClF3N4O5/c18-15-13(30-12-5-9(8-26)1-3-11(12)25(28)29)7-23-24(16(15)27)14-4-2-10(6-22-14)17(19,20)21/h1-8H. The molecule has 0 bridgehead atoms. The van der Waals surface area contributed by atoms with E-state index >= 15 is 0 Å². The predicted molar refractivity (Wildman–Crippen MR) is 96.2 cm³/mol. The van der Waals surface area contributed by atoms with Crippen molar-refractivity contribution in [3.8, 4) is 17.3 Å². The Kier molecular flexibility index (Phi) is 5.52. The van der Waals surface area contributed by atoms with Gasteiger partial charge in [-0.3, -0.25) is 19.7 Å². The molecule has 0 amide bonds. The van der Waals surface area contributed by atoms with Crippen LogP contribution in [0.2, 0.25) is 5.02 Å². The predicted octanol–water partition coefficient (Wildman–Crippen LogP) is 3.81. The van der Waals surface area contributed by atoms with E-state index in [1.165, 1.54) is 6.07 Å². The third-order valence-corrected chi connectivity index (χ3v) is 4.06. The number of aldehydes is 1. The fourth-order valence-electron chi connectivity index (χ4n) is 2.29. The summed E-state index contributed by atoms with van der Waals surface area (Å²) in [5, 5.41) is 14.3. The summed E-state index contributed by atoms with van der Waals surface area (Å²) in [7, 11) is 0. The second kappa shape index (κ2) is 7.91. The third kappa shape index (κ3) is 4.12. The van der Waals surface area contributed by atoms with Crippen molar-refractivity contribution in [2.24, 2.45) is 0 Å². The van der Waals surface area contributed by atoms with Gasteiger partial charge in [-0.05, 0) is 24.3 Å². The van der Waals surface area contributed by atoms with Crippen LogP contribution < -0.4 is 10.3 Å². The van der Waals surface area contributed by atoms with Gasteiger partial charge in [0.15, 0.2) is 16.6 Å². The summed E-state index contributed by atoms with van der Waals surface area (Å²) in [5.74, 6) is -0.968. The number of aromatic nitrogens is 3. The number of halogens is 4. The zero-order chi connectivity index (χ0) is 22.1. The topological polar surface area (TPSA) is 117 Å². The Balaban J connectivity index is 1.99. The molecular weight excluding hydrogens is 433 g/mol. The normalized spacial score (nSPS) is 11.2. The van der Waals surface area contributed by atoms with Gasteiger partial charge >= 0.3 is 11.9 Å². The molecule has 0 radical (unpaired) electrons. The molecule has 0 spiro atoms. The minimum absolute atomic E-state index is 0.0713. The highest BCUT2D eigenvalue weighted by Crippen LogP contribution is 2.34. The summed E-state index contributed by atoms with van der Waals surface area (Å²) >= 11 is 5.96. The van der Waals surface area contributed by atoms with E-state index in [2.05, 4.69) is 10.1 Å². The monoisotopic (exact) mass is 440 g/mol. The molecule has 3 rings (SSSR count). The summed E-state index contributed by atoms with van der Waals surface area (Å²) < 4.78 is 43.8. The van der Waals surface area contributed by atoms with Crippen molar-refractivity contribution in [3.63, 3.8) is 0 Å². The second-order valence-corrected chi connectivity index (χ2v) is 6.02. The zero-order valence-corrected chi connectivity index (χ0v) is 15.2. The van der Waals surface area contributed by atoms with Gasteiger partial charge in [0.25, 0.3) is 5.56 Å². The third-order valence-electron chi connectivity index (χ3n) is 3.72. The summed E-state index contributed by atoms with van der Waals surface area (Å²) in [6.07, 6.45) is -2.72. The van der Waals surface area contributed by atoms with Gasteiger partial charge in [-0.15, -0.1) is 0 Å². The van der Waals surface area contributed by atoms with Crippen molar-refractivity contribution in [1.29, 1.82) is 0 Å². The van der Waals surface area contributed by atoms with E-state index in [0.29, 0.717) is 23.2 Å². The number of benzene rings is 1. The first-order valence-electron chi connectivity index (χ1n) is 7.84. The number of rotatable bonds is 5. The average molecular weight is 441 g/mol. The van der Waals surface area contributed by atoms with Gasteiger partial charge in [-0.1, -0.05) is 11.6 Å². The Morgan fingerprint density at radius 2 is 1.90 bits per heavy atom. The highest BCUT2D eigenvalue weighted by atomic mass is 35.5. The molecule has 1 aromatic carbocycles. The van der Waals surface area contributed by atoms with Crippen LogP contribution in [0.4, 0.5) is 18.9 Å². The number of nitrogens with zero attached hydrogens (tertiary/aromatic N) is 4. The SMILES string of the molecule is O=Cc1ccc([N+](=O)[O-])c(Oc2cnn(-c3ccc(C(F)(F)F)cn3)c(=O)c2Cl)c1. The van der Waals surface area contributed by atoms with Crippen molar-refractivity contribution in [2.75, 3.05) is 0 Å². The average Bonchev–Trinajstić information content (AvgIpc) is 2.70. The van der Waals surface area contributed by atoms with Crippen LogP contribution in [-0.4, -0.2) is 26.0 Å². The maximum atomic E-state index is 12.6. The minimum Gasteiger partial charge on any atom is -0.447 e. The molecular formula is C17H8ClF3N4O5. The maximum Gasteiger partial charge on any atom is 0.417 e. The van der Waals surface area contributed by atoms with Gasteiger partial charge < -0.3 is 4.74 Å². The molecule has 0 saturated carbocycles. The van der Waals surface area contributed by atoms with Crippen LogP contribution in [0, 0.1) is 10.1 Å². The van der Waals surface area contributed by atoms with E-state index in [9.17, 15) is 32.9 Å². The summed E-state index contributed by atoms with van der Waals surface area (Å²) in [6.45, 7) is 0. The largest absolute Gasteiger partial charge is 0.447 e. The van der Waals surface area contributed by atoms with Crippen molar-refractivity contribution in [2.45, 2.75) is 6.18 Å². The number of hydrogen-bond donors (Lipinski definition) is 0. The lowest BCUT2D eigenvalue weighted by Crippen LogP contribution is -2.23. The van der Waals surface area contributed by atoms with E-state index in [4.69, 9.17) is 16.3 Å². The molecule has 154 valence electrons. The molecule has 0 atom stereocenters.